The lowest BCUT2D eigenvalue weighted by Gasteiger charge is -2.27. The van der Waals surface area contributed by atoms with E-state index in [1.807, 2.05) is 0 Å². The number of ether oxygens (including phenoxy) is 2. The maximum Gasteiger partial charge on any atom is 0.276 e. The molecule has 1 heterocycles. The molecule has 10 nitrogen and oxygen atoms in total. The Hall–Kier alpha value is -3.09. The summed E-state index contributed by atoms with van der Waals surface area (Å²) in [6.45, 7) is 4.05. The highest BCUT2D eigenvalue weighted by atomic mass is 32.2. The Morgan fingerprint density at radius 1 is 1.28 bits per heavy atom. The van der Waals surface area contributed by atoms with Crippen molar-refractivity contribution in [1.29, 1.82) is 0 Å². The molecule has 0 aliphatic carbocycles. The molecule has 0 spiro atoms. The van der Waals surface area contributed by atoms with Gasteiger partial charge in [-0.05, 0) is 38.1 Å². The number of morpholine rings is 1. The van der Waals surface area contributed by atoms with Crippen molar-refractivity contribution in [3.63, 3.8) is 0 Å². The molecule has 0 atom stereocenters. The number of anilines is 1. The van der Waals surface area contributed by atoms with Crippen LogP contribution in [-0.4, -0.2) is 56.5 Å². The molecule has 1 aliphatic heterocycles. The summed E-state index contributed by atoms with van der Waals surface area (Å²) < 4.78 is 52.3. The van der Waals surface area contributed by atoms with Crippen LogP contribution in [0.2, 0.25) is 0 Å². The molecule has 2 aromatic rings. The molecule has 0 aromatic heterocycles. The first-order valence-electron chi connectivity index (χ1n) is 9.75. The lowest BCUT2D eigenvalue weighted by molar-refractivity contribution is -0.385. The molecule has 1 N–H and O–H groups in total. The van der Waals surface area contributed by atoms with Gasteiger partial charge in [0, 0.05) is 30.4 Å². The van der Waals surface area contributed by atoms with Gasteiger partial charge in [0.15, 0.2) is 0 Å². The number of halogens is 1. The van der Waals surface area contributed by atoms with Crippen molar-refractivity contribution < 1.29 is 32.0 Å². The van der Waals surface area contributed by atoms with E-state index in [1.54, 1.807) is 6.92 Å². The summed E-state index contributed by atoms with van der Waals surface area (Å²) in [4.78, 5) is 22.8. The summed E-state index contributed by atoms with van der Waals surface area (Å²) >= 11 is 0. The van der Waals surface area contributed by atoms with E-state index in [-0.39, 0.29) is 60.4 Å². The Balaban J connectivity index is 1.95. The molecule has 1 aliphatic rings. The van der Waals surface area contributed by atoms with Crippen molar-refractivity contribution in [2.24, 2.45) is 0 Å². The van der Waals surface area contributed by atoms with Gasteiger partial charge in [-0.3, -0.25) is 14.9 Å². The van der Waals surface area contributed by atoms with Crippen LogP contribution in [0.25, 0.3) is 0 Å². The number of nitro groups is 1. The van der Waals surface area contributed by atoms with Crippen LogP contribution in [0.15, 0.2) is 35.2 Å². The van der Waals surface area contributed by atoms with E-state index < -0.39 is 32.4 Å². The zero-order valence-corrected chi connectivity index (χ0v) is 18.3. The SMILES string of the molecule is CCOc1ccc(NC(=O)c2cc(F)c(C)c([N+](=O)[O-])c2)cc1S(=O)(=O)N1CCOCC1. The molecular weight excluding hydrogens is 445 g/mol. The van der Waals surface area contributed by atoms with Crippen molar-refractivity contribution in [2.45, 2.75) is 18.7 Å². The number of hydrogen-bond acceptors (Lipinski definition) is 7. The third-order valence-electron chi connectivity index (χ3n) is 4.87. The number of carbonyl (C=O) groups is 1. The number of hydrogen-bond donors (Lipinski definition) is 1. The van der Waals surface area contributed by atoms with Gasteiger partial charge in [-0.25, -0.2) is 12.8 Å². The predicted octanol–water partition coefficient (Wildman–Crippen LogP) is 2.71. The van der Waals surface area contributed by atoms with E-state index in [2.05, 4.69) is 5.32 Å². The van der Waals surface area contributed by atoms with Crippen molar-refractivity contribution in [1.82, 2.24) is 4.31 Å². The molecule has 3 rings (SSSR count). The third kappa shape index (κ3) is 4.87. The van der Waals surface area contributed by atoms with Gasteiger partial charge in [0.2, 0.25) is 10.0 Å². The fraction of sp³-hybridized carbons (Fsp3) is 0.350. The zero-order valence-electron chi connectivity index (χ0n) is 17.5. The third-order valence-corrected chi connectivity index (χ3v) is 6.78. The molecule has 1 saturated heterocycles. The Kier molecular flexibility index (Phi) is 7.06. The van der Waals surface area contributed by atoms with Crippen molar-refractivity contribution in [2.75, 3.05) is 38.2 Å². The average Bonchev–Trinajstić information content (AvgIpc) is 2.77. The summed E-state index contributed by atoms with van der Waals surface area (Å²) in [7, 11) is -3.94. The topological polar surface area (TPSA) is 128 Å². The molecule has 0 unspecified atom stereocenters. The fourth-order valence-corrected chi connectivity index (χ4v) is 4.74. The Morgan fingerprint density at radius 3 is 2.59 bits per heavy atom. The lowest BCUT2D eigenvalue weighted by Crippen LogP contribution is -2.40. The summed E-state index contributed by atoms with van der Waals surface area (Å²) in [5.74, 6) is -1.61. The number of benzene rings is 2. The predicted molar refractivity (Wildman–Crippen MR) is 113 cm³/mol. The van der Waals surface area contributed by atoms with Crippen LogP contribution in [0.3, 0.4) is 0 Å². The number of sulfonamides is 1. The maximum atomic E-state index is 14.1. The molecule has 0 radical (unpaired) electrons. The summed E-state index contributed by atoms with van der Waals surface area (Å²) in [6, 6.07) is 5.93. The Bertz CT molecular complexity index is 1150. The number of rotatable bonds is 7. The van der Waals surface area contributed by atoms with Crippen LogP contribution >= 0.6 is 0 Å². The summed E-state index contributed by atoms with van der Waals surface area (Å²) in [6.07, 6.45) is 0. The van der Waals surface area contributed by atoms with E-state index in [9.17, 15) is 27.7 Å². The number of nitrogens with zero attached hydrogens (tertiary/aromatic N) is 2. The van der Waals surface area contributed by atoms with Gasteiger partial charge < -0.3 is 14.8 Å². The summed E-state index contributed by atoms with van der Waals surface area (Å²) in [5, 5.41) is 13.6. The largest absolute Gasteiger partial charge is 0.492 e. The van der Waals surface area contributed by atoms with E-state index in [1.165, 1.54) is 29.4 Å². The van der Waals surface area contributed by atoms with Crippen LogP contribution in [0, 0.1) is 22.9 Å². The highest BCUT2D eigenvalue weighted by Crippen LogP contribution is 2.31. The van der Waals surface area contributed by atoms with Crippen LogP contribution in [-0.2, 0) is 14.8 Å². The number of carbonyl (C=O) groups excluding carboxylic acids is 1. The summed E-state index contributed by atoms with van der Waals surface area (Å²) in [5.41, 5.74) is -0.885. The Morgan fingerprint density at radius 2 is 1.97 bits per heavy atom. The second-order valence-corrected chi connectivity index (χ2v) is 8.83. The molecule has 32 heavy (non-hydrogen) atoms. The smallest absolute Gasteiger partial charge is 0.276 e. The van der Waals surface area contributed by atoms with Gasteiger partial charge in [-0.15, -0.1) is 0 Å². The van der Waals surface area contributed by atoms with Crippen LogP contribution < -0.4 is 10.1 Å². The monoisotopic (exact) mass is 467 g/mol. The van der Waals surface area contributed by atoms with Crippen LogP contribution in [0.5, 0.6) is 5.75 Å². The molecule has 0 bridgehead atoms. The molecular formula is C20H22FN3O7S. The zero-order chi connectivity index (χ0) is 23.5. The first-order chi connectivity index (χ1) is 15.1. The molecule has 172 valence electrons. The second-order valence-electron chi connectivity index (χ2n) is 6.92. The van der Waals surface area contributed by atoms with E-state index in [4.69, 9.17) is 9.47 Å². The number of nitrogens with one attached hydrogen (secondary N) is 1. The quantitative estimate of drug-likeness (QED) is 0.490. The lowest BCUT2D eigenvalue weighted by atomic mass is 10.1. The van der Waals surface area contributed by atoms with Gasteiger partial charge in [0.1, 0.15) is 16.5 Å². The van der Waals surface area contributed by atoms with Gasteiger partial charge >= 0.3 is 0 Å². The van der Waals surface area contributed by atoms with Gasteiger partial charge in [0.25, 0.3) is 11.6 Å². The number of amides is 1. The minimum atomic E-state index is -3.94. The molecule has 12 heteroatoms. The van der Waals surface area contributed by atoms with Gasteiger partial charge in [-0.1, -0.05) is 0 Å². The molecule has 0 saturated carbocycles. The van der Waals surface area contributed by atoms with E-state index >= 15 is 0 Å². The van der Waals surface area contributed by atoms with Crippen LogP contribution in [0.4, 0.5) is 15.8 Å². The highest BCUT2D eigenvalue weighted by molar-refractivity contribution is 7.89. The van der Waals surface area contributed by atoms with Gasteiger partial charge in [0.05, 0.1) is 30.3 Å². The van der Waals surface area contributed by atoms with Gasteiger partial charge in [-0.2, -0.15) is 4.31 Å². The molecule has 2 aromatic carbocycles. The van der Waals surface area contributed by atoms with Crippen LogP contribution in [0.1, 0.15) is 22.8 Å². The van der Waals surface area contributed by atoms with Crippen molar-refractivity contribution >= 4 is 27.3 Å². The van der Waals surface area contributed by atoms with Crippen molar-refractivity contribution in [3.05, 3.63) is 57.4 Å². The molecule has 1 fully saturated rings. The minimum absolute atomic E-state index is 0.105. The van der Waals surface area contributed by atoms with E-state index in [0.29, 0.717) is 0 Å². The van der Waals surface area contributed by atoms with Crippen molar-refractivity contribution in [3.8, 4) is 5.75 Å². The molecule has 1 amide bonds. The second kappa shape index (κ2) is 9.59. The first kappa shape index (κ1) is 23.6. The number of nitro benzene ring substituents is 1. The normalized spacial score (nSPS) is 14.7. The van der Waals surface area contributed by atoms with E-state index in [0.717, 1.165) is 12.1 Å². The Labute approximate surface area is 184 Å². The standard InChI is InChI=1S/C20H22FN3O7S/c1-3-31-18-5-4-15(12-19(18)32(28,29)23-6-8-30-9-7-23)22-20(25)14-10-16(21)13(2)17(11-14)24(26)27/h4-5,10-12H,3,6-9H2,1-2H3,(H,22,25). The maximum absolute atomic E-state index is 14.1. The first-order valence-corrected chi connectivity index (χ1v) is 11.2. The fourth-order valence-electron chi connectivity index (χ4n) is 3.18. The average molecular weight is 467 g/mol. The highest BCUT2D eigenvalue weighted by Gasteiger charge is 2.30. The minimum Gasteiger partial charge on any atom is -0.492 e.